The Morgan fingerprint density at radius 3 is 1.88 bits per heavy atom. The minimum atomic E-state index is 0.0214. The molecule has 2 heteroatoms. The number of hydrogen-bond acceptors (Lipinski definition) is 1. The Morgan fingerprint density at radius 1 is 0.840 bits per heavy atom. The molecule has 25 heavy (non-hydrogen) atoms. The van der Waals surface area contributed by atoms with E-state index in [-0.39, 0.29) is 5.91 Å². The van der Waals surface area contributed by atoms with E-state index in [9.17, 15) is 4.79 Å². The second-order valence-electron chi connectivity index (χ2n) is 6.61. The summed E-state index contributed by atoms with van der Waals surface area (Å²) in [5.74, 6) is 0.533. The van der Waals surface area contributed by atoms with E-state index < -0.39 is 0 Å². The van der Waals surface area contributed by atoms with Gasteiger partial charge in [-0.05, 0) is 42.2 Å². The van der Waals surface area contributed by atoms with Crippen LogP contribution in [0.2, 0.25) is 0 Å². The van der Waals surface area contributed by atoms with Gasteiger partial charge in [0, 0.05) is 16.3 Å². The molecule has 0 amide bonds. The molecule has 0 saturated heterocycles. The number of fused-ring (bicyclic) bond motifs is 3. The van der Waals surface area contributed by atoms with E-state index in [2.05, 4.69) is 38.1 Å². The zero-order chi connectivity index (χ0) is 17.4. The highest BCUT2D eigenvalue weighted by molar-refractivity contribution is 6.16. The van der Waals surface area contributed by atoms with Crippen LogP contribution >= 0.6 is 0 Å². The SMILES string of the molecule is CCC(C)c1ccc(C(=O)n2c3ccccc3c3ccccc32)cc1. The van der Waals surface area contributed by atoms with Crippen molar-refractivity contribution in [3.8, 4) is 0 Å². The lowest BCUT2D eigenvalue weighted by Crippen LogP contribution is -2.11. The summed E-state index contributed by atoms with van der Waals surface area (Å²) in [5.41, 5.74) is 3.92. The van der Waals surface area contributed by atoms with E-state index >= 15 is 0 Å². The summed E-state index contributed by atoms with van der Waals surface area (Å²) in [7, 11) is 0. The van der Waals surface area contributed by atoms with Crippen LogP contribution in [0.4, 0.5) is 0 Å². The molecule has 0 spiro atoms. The Bertz CT molecular complexity index is 1000. The molecule has 1 aromatic heterocycles. The molecule has 3 aromatic carbocycles. The third-order valence-corrected chi connectivity index (χ3v) is 5.12. The molecule has 0 bridgehead atoms. The molecule has 0 N–H and O–H groups in total. The summed E-state index contributed by atoms with van der Waals surface area (Å²) in [5, 5.41) is 2.23. The number of carbonyl (C=O) groups excluding carboxylic acids is 1. The van der Waals surface area contributed by atoms with Gasteiger partial charge < -0.3 is 0 Å². The molecule has 4 rings (SSSR count). The Balaban J connectivity index is 1.87. The van der Waals surface area contributed by atoms with Crippen molar-refractivity contribution < 1.29 is 4.79 Å². The summed E-state index contributed by atoms with van der Waals surface area (Å²) in [6, 6.07) is 24.2. The highest BCUT2D eigenvalue weighted by Gasteiger charge is 2.17. The first-order valence-corrected chi connectivity index (χ1v) is 8.83. The van der Waals surface area contributed by atoms with Crippen molar-refractivity contribution in [2.75, 3.05) is 0 Å². The number of rotatable bonds is 3. The molecule has 2 nitrogen and oxygen atoms in total. The molecule has 1 heterocycles. The summed E-state index contributed by atoms with van der Waals surface area (Å²) in [6.45, 7) is 4.39. The number of carbonyl (C=O) groups is 1. The highest BCUT2D eigenvalue weighted by Crippen LogP contribution is 2.29. The van der Waals surface area contributed by atoms with E-state index in [0.717, 1.165) is 33.8 Å². The van der Waals surface area contributed by atoms with E-state index in [0.29, 0.717) is 5.92 Å². The van der Waals surface area contributed by atoms with Gasteiger partial charge in [-0.1, -0.05) is 62.4 Å². The van der Waals surface area contributed by atoms with Crippen molar-refractivity contribution in [1.29, 1.82) is 0 Å². The maximum Gasteiger partial charge on any atom is 0.262 e. The van der Waals surface area contributed by atoms with Crippen LogP contribution < -0.4 is 0 Å². The van der Waals surface area contributed by atoms with Gasteiger partial charge in [-0.2, -0.15) is 0 Å². The van der Waals surface area contributed by atoms with Gasteiger partial charge in [0.05, 0.1) is 11.0 Å². The fraction of sp³-hybridized carbons (Fsp3) is 0.174. The van der Waals surface area contributed by atoms with Crippen LogP contribution in [0.3, 0.4) is 0 Å². The van der Waals surface area contributed by atoms with Crippen molar-refractivity contribution in [1.82, 2.24) is 4.57 Å². The van der Waals surface area contributed by atoms with Gasteiger partial charge in [-0.25, -0.2) is 0 Å². The lowest BCUT2D eigenvalue weighted by Gasteiger charge is -2.10. The van der Waals surface area contributed by atoms with Crippen LogP contribution in [-0.2, 0) is 0 Å². The lowest BCUT2D eigenvalue weighted by molar-refractivity contribution is 0.0969. The predicted octanol–water partition coefficient (Wildman–Crippen LogP) is 6.00. The number of benzene rings is 3. The first-order chi connectivity index (χ1) is 12.2. The quantitative estimate of drug-likeness (QED) is 0.452. The fourth-order valence-electron chi connectivity index (χ4n) is 3.46. The van der Waals surface area contributed by atoms with Gasteiger partial charge >= 0.3 is 0 Å². The van der Waals surface area contributed by atoms with Gasteiger partial charge in [0.1, 0.15) is 0 Å². The van der Waals surface area contributed by atoms with Crippen LogP contribution in [0.15, 0.2) is 72.8 Å². The lowest BCUT2D eigenvalue weighted by atomic mass is 9.97. The molecule has 0 aliphatic rings. The molecule has 0 radical (unpaired) electrons. The molecule has 124 valence electrons. The average Bonchev–Trinajstić information content (AvgIpc) is 3.01. The second kappa shape index (κ2) is 6.21. The van der Waals surface area contributed by atoms with Crippen molar-refractivity contribution in [2.24, 2.45) is 0 Å². The first kappa shape index (κ1) is 15.6. The third kappa shape index (κ3) is 2.54. The zero-order valence-electron chi connectivity index (χ0n) is 14.6. The summed E-state index contributed by atoms with van der Waals surface area (Å²) < 4.78 is 1.84. The smallest absolute Gasteiger partial charge is 0.262 e. The van der Waals surface area contributed by atoms with Gasteiger partial charge in [0.15, 0.2) is 0 Å². The van der Waals surface area contributed by atoms with Crippen LogP contribution in [0.5, 0.6) is 0 Å². The Kier molecular flexibility index (Phi) is 3.89. The van der Waals surface area contributed by atoms with Crippen molar-refractivity contribution in [2.45, 2.75) is 26.2 Å². The second-order valence-corrected chi connectivity index (χ2v) is 6.61. The Hall–Kier alpha value is -2.87. The average molecular weight is 327 g/mol. The Morgan fingerprint density at radius 2 is 1.36 bits per heavy atom. The van der Waals surface area contributed by atoms with E-state index in [1.54, 1.807) is 0 Å². The molecular formula is C23H21NO. The van der Waals surface area contributed by atoms with Gasteiger partial charge in [-0.15, -0.1) is 0 Å². The summed E-state index contributed by atoms with van der Waals surface area (Å²) in [4.78, 5) is 13.2. The van der Waals surface area contributed by atoms with Crippen molar-refractivity contribution in [3.63, 3.8) is 0 Å². The fourth-order valence-corrected chi connectivity index (χ4v) is 3.46. The van der Waals surface area contributed by atoms with Crippen LogP contribution in [0.1, 0.15) is 42.1 Å². The maximum absolute atomic E-state index is 13.2. The summed E-state index contributed by atoms with van der Waals surface area (Å²) in [6.07, 6.45) is 1.10. The minimum absolute atomic E-state index is 0.0214. The normalized spacial score (nSPS) is 12.6. The van der Waals surface area contributed by atoms with E-state index in [4.69, 9.17) is 0 Å². The Labute approximate surface area is 147 Å². The maximum atomic E-state index is 13.2. The molecule has 0 fully saturated rings. The predicted molar refractivity (Wildman–Crippen MR) is 104 cm³/mol. The van der Waals surface area contributed by atoms with Gasteiger partial charge in [0.2, 0.25) is 0 Å². The topological polar surface area (TPSA) is 22.0 Å². The molecule has 0 aliphatic heterocycles. The van der Waals surface area contributed by atoms with Crippen molar-refractivity contribution >= 4 is 27.7 Å². The highest BCUT2D eigenvalue weighted by atomic mass is 16.2. The van der Waals surface area contributed by atoms with Gasteiger partial charge in [0.25, 0.3) is 5.91 Å². The molecular weight excluding hydrogens is 306 g/mol. The minimum Gasteiger partial charge on any atom is -0.276 e. The third-order valence-electron chi connectivity index (χ3n) is 5.12. The largest absolute Gasteiger partial charge is 0.276 e. The van der Waals surface area contributed by atoms with Crippen LogP contribution in [-0.4, -0.2) is 10.5 Å². The zero-order valence-corrected chi connectivity index (χ0v) is 14.6. The molecule has 0 aliphatic carbocycles. The number of para-hydroxylation sites is 2. The van der Waals surface area contributed by atoms with Crippen LogP contribution in [0, 0.1) is 0 Å². The molecule has 0 saturated carbocycles. The standard InChI is InChI=1S/C23H21NO/c1-3-16(2)17-12-14-18(15-13-17)23(25)24-21-10-6-4-8-19(21)20-9-5-7-11-22(20)24/h4-16H,3H2,1-2H3. The number of nitrogens with zero attached hydrogens (tertiary/aromatic N) is 1. The van der Waals surface area contributed by atoms with E-state index in [1.165, 1.54) is 5.56 Å². The molecule has 1 unspecified atom stereocenters. The molecule has 4 aromatic rings. The van der Waals surface area contributed by atoms with Crippen LogP contribution in [0.25, 0.3) is 21.8 Å². The summed E-state index contributed by atoms with van der Waals surface area (Å²) >= 11 is 0. The van der Waals surface area contributed by atoms with Gasteiger partial charge in [-0.3, -0.25) is 9.36 Å². The first-order valence-electron chi connectivity index (χ1n) is 8.83. The molecule has 1 atom stereocenters. The van der Waals surface area contributed by atoms with Crippen molar-refractivity contribution in [3.05, 3.63) is 83.9 Å². The van der Waals surface area contributed by atoms with E-state index in [1.807, 2.05) is 53.1 Å². The number of hydrogen-bond donors (Lipinski definition) is 0. The monoisotopic (exact) mass is 327 g/mol. The number of aromatic nitrogens is 1.